The molecule has 1 aromatic heterocycles. The maximum atomic E-state index is 5.92. The summed E-state index contributed by atoms with van der Waals surface area (Å²) >= 11 is 0. The van der Waals surface area contributed by atoms with E-state index < -0.39 is 0 Å². The molecule has 0 amide bonds. The molecule has 1 fully saturated rings. The summed E-state index contributed by atoms with van der Waals surface area (Å²) < 4.78 is 5.92. The average molecular weight is 220 g/mol. The van der Waals surface area contributed by atoms with E-state index in [1.54, 1.807) is 12.4 Å². The molecule has 2 heterocycles. The van der Waals surface area contributed by atoms with Gasteiger partial charge in [-0.15, -0.1) is 0 Å². The lowest BCUT2D eigenvalue weighted by Crippen LogP contribution is -2.41. The lowest BCUT2D eigenvalue weighted by molar-refractivity contribution is 0.0842. The van der Waals surface area contributed by atoms with Gasteiger partial charge in [-0.05, 0) is 38.8 Å². The van der Waals surface area contributed by atoms with E-state index in [4.69, 9.17) is 4.74 Å². The fourth-order valence-corrected chi connectivity index (χ4v) is 2.12. The van der Waals surface area contributed by atoms with Crippen LogP contribution in [0.25, 0.3) is 0 Å². The molecule has 0 saturated carbocycles. The Morgan fingerprint density at radius 3 is 2.44 bits per heavy atom. The van der Waals surface area contributed by atoms with Gasteiger partial charge in [-0.3, -0.25) is 4.98 Å². The zero-order valence-electron chi connectivity index (χ0n) is 10.1. The molecule has 1 saturated heterocycles. The van der Waals surface area contributed by atoms with Gasteiger partial charge in [0.05, 0.1) is 0 Å². The topological polar surface area (TPSA) is 25.4 Å². The molecule has 0 bridgehead atoms. The molecule has 3 nitrogen and oxygen atoms in total. The van der Waals surface area contributed by atoms with E-state index in [2.05, 4.69) is 23.7 Å². The lowest BCUT2D eigenvalue weighted by Gasteiger charge is -2.34. The van der Waals surface area contributed by atoms with E-state index in [9.17, 15) is 0 Å². The molecule has 0 unspecified atom stereocenters. The summed E-state index contributed by atoms with van der Waals surface area (Å²) in [5.74, 6) is 0.943. The SMILES string of the molecule is CC(C)N1CCC(Oc2ccncc2)CC1. The fourth-order valence-electron chi connectivity index (χ4n) is 2.12. The van der Waals surface area contributed by atoms with Crippen LogP contribution in [0.1, 0.15) is 26.7 Å². The minimum absolute atomic E-state index is 0.373. The molecule has 2 rings (SSSR count). The van der Waals surface area contributed by atoms with Crippen LogP contribution in [0.4, 0.5) is 0 Å². The van der Waals surface area contributed by atoms with Crippen molar-refractivity contribution in [3.8, 4) is 5.75 Å². The van der Waals surface area contributed by atoms with Gasteiger partial charge in [0.25, 0.3) is 0 Å². The summed E-state index contributed by atoms with van der Waals surface area (Å²) in [6, 6.07) is 4.51. The van der Waals surface area contributed by atoms with Gasteiger partial charge >= 0.3 is 0 Å². The highest BCUT2D eigenvalue weighted by Crippen LogP contribution is 2.19. The fraction of sp³-hybridized carbons (Fsp3) is 0.615. The summed E-state index contributed by atoms with van der Waals surface area (Å²) in [6.45, 7) is 6.80. The van der Waals surface area contributed by atoms with Gasteiger partial charge in [0.1, 0.15) is 11.9 Å². The number of ether oxygens (including phenoxy) is 1. The van der Waals surface area contributed by atoms with Crippen molar-refractivity contribution in [3.05, 3.63) is 24.5 Å². The Hall–Kier alpha value is -1.09. The van der Waals surface area contributed by atoms with Crippen molar-refractivity contribution in [3.63, 3.8) is 0 Å². The molecule has 0 aromatic carbocycles. The van der Waals surface area contributed by atoms with Crippen LogP contribution in [-0.2, 0) is 0 Å². The van der Waals surface area contributed by atoms with Crippen molar-refractivity contribution in [2.24, 2.45) is 0 Å². The smallest absolute Gasteiger partial charge is 0.122 e. The van der Waals surface area contributed by atoms with Crippen molar-refractivity contribution in [1.29, 1.82) is 0 Å². The molecule has 0 aliphatic carbocycles. The highest BCUT2D eigenvalue weighted by atomic mass is 16.5. The predicted octanol–water partition coefficient (Wildman–Crippen LogP) is 2.33. The average Bonchev–Trinajstić information content (AvgIpc) is 2.31. The first kappa shape index (κ1) is 11.4. The normalized spacial score (nSPS) is 18.9. The van der Waals surface area contributed by atoms with Crippen LogP contribution in [0.2, 0.25) is 0 Å². The number of rotatable bonds is 3. The van der Waals surface area contributed by atoms with Gasteiger partial charge in [-0.2, -0.15) is 0 Å². The number of hydrogen-bond acceptors (Lipinski definition) is 3. The molecule has 0 spiro atoms. The number of pyridine rings is 1. The van der Waals surface area contributed by atoms with Crippen LogP contribution in [0.15, 0.2) is 24.5 Å². The molecule has 0 radical (unpaired) electrons. The third kappa shape index (κ3) is 2.95. The number of aromatic nitrogens is 1. The van der Waals surface area contributed by atoms with Gasteiger partial charge in [0.15, 0.2) is 0 Å². The standard InChI is InChI=1S/C13H20N2O/c1-11(2)15-9-5-13(6-10-15)16-12-3-7-14-8-4-12/h3-4,7-8,11,13H,5-6,9-10H2,1-2H3. The monoisotopic (exact) mass is 220 g/mol. The van der Waals surface area contributed by atoms with E-state index in [0.29, 0.717) is 12.1 Å². The molecule has 3 heteroatoms. The Morgan fingerprint density at radius 1 is 1.25 bits per heavy atom. The van der Waals surface area contributed by atoms with Crippen molar-refractivity contribution in [2.45, 2.75) is 38.8 Å². The molecule has 88 valence electrons. The third-order valence-electron chi connectivity index (χ3n) is 3.16. The van der Waals surface area contributed by atoms with Crippen LogP contribution >= 0.6 is 0 Å². The maximum absolute atomic E-state index is 5.92. The van der Waals surface area contributed by atoms with E-state index in [0.717, 1.165) is 31.7 Å². The van der Waals surface area contributed by atoms with E-state index >= 15 is 0 Å². The van der Waals surface area contributed by atoms with Gasteiger partial charge < -0.3 is 9.64 Å². The maximum Gasteiger partial charge on any atom is 0.122 e. The summed E-state index contributed by atoms with van der Waals surface area (Å²) in [5, 5.41) is 0. The Bertz CT molecular complexity index is 305. The van der Waals surface area contributed by atoms with Crippen molar-refractivity contribution in [1.82, 2.24) is 9.88 Å². The summed E-state index contributed by atoms with van der Waals surface area (Å²) in [7, 11) is 0. The molecule has 0 atom stereocenters. The first-order chi connectivity index (χ1) is 7.75. The molecule has 1 aromatic rings. The van der Waals surface area contributed by atoms with Crippen LogP contribution in [0.5, 0.6) is 5.75 Å². The van der Waals surface area contributed by atoms with Crippen LogP contribution in [-0.4, -0.2) is 35.1 Å². The Morgan fingerprint density at radius 2 is 1.88 bits per heavy atom. The summed E-state index contributed by atoms with van der Waals surface area (Å²) in [4.78, 5) is 6.49. The molecule has 1 aliphatic heterocycles. The first-order valence-electron chi connectivity index (χ1n) is 6.06. The molecular formula is C13H20N2O. The minimum Gasteiger partial charge on any atom is -0.490 e. The highest BCUT2D eigenvalue weighted by Gasteiger charge is 2.21. The number of piperidine rings is 1. The van der Waals surface area contributed by atoms with Gasteiger partial charge in [0, 0.05) is 31.5 Å². The molecular weight excluding hydrogens is 200 g/mol. The van der Waals surface area contributed by atoms with Crippen LogP contribution in [0, 0.1) is 0 Å². The van der Waals surface area contributed by atoms with Gasteiger partial charge in [-0.25, -0.2) is 0 Å². The number of likely N-dealkylation sites (tertiary alicyclic amines) is 1. The lowest BCUT2D eigenvalue weighted by atomic mass is 10.1. The van der Waals surface area contributed by atoms with Gasteiger partial charge in [0.2, 0.25) is 0 Å². The Labute approximate surface area is 97.4 Å². The zero-order valence-corrected chi connectivity index (χ0v) is 10.1. The Balaban J connectivity index is 1.82. The van der Waals surface area contributed by atoms with Crippen LogP contribution < -0.4 is 4.74 Å². The molecule has 0 N–H and O–H groups in total. The highest BCUT2D eigenvalue weighted by molar-refractivity contribution is 5.17. The predicted molar refractivity (Wildman–Crippen MR) is 64.6 cm³/mol. The number of hydrogen-bond donors (Lipinski definition) is 0. The largest absolute Gasteiger partial charge is 0.490 e. The summed E-state index contributed by atoms with van der Waals surface area (Å²) in [5.41, 5.74) is 0. The third-order valence-corrected chi connectivity index (χ3v) is 3.16. The second-order valence-electron chi connectivity index (χ2n) is 4.63. The number of nitrogens with zero attached hydrogens (tertiary/aromatic N) is 2. The Kier molecular flexibility index (Phi) is 3.78. The van der Waals surface area contributed by atoms with Crippen molar-refractivity contribution in [2.75, 3.05) is 13.1 Å². The summed E-state index contributed by atoms with van der Waals surface area (Å²) in [6.07, 6.45) is 6.18. The van der Waals surface area contributed by atoms with E-state index in [1.165, 1.54) is 0 Å². The first-order valence-corrected chi connectivity index (χ1v) is 6.06. The minimum atomic E-state index is 0.373. The quantitative estimate of drug-likeness (QED) is 0.781. The second-order valence-corrected chi connectivity index (χ2v) is 4.63. The van der Waals surface area contributed by atoms with E-state index in [-0.39, 0.29) is 0 Å². The van der Waals surface area contributed by atoms with Gasteiger partial charge in [-0.1, -0.05) is 0 Å². The second kappa shape index (κ2) is 5.30. The van der Waals surface area contributed by atoms with Crippen molar-refractivity contribution < 1.29 is 4.74 Å². The van der Waals surface area contributed by atoms with Crippen LogP contribution in [0.3, 0.4) is 0 Å². The molecule has 16 heavy (non-hydrogen) atoms. The zero-order chi connectivity index (χ0) is 11.4. The van der Waals surface area contributed by atoms with E-state index in [1.807, 2.05) is 12.1 Å². The molecule has 1 aliphatic rings. The van der Waals surface area contributed by atoms with Crippen molar-refractivity contribution >= 4 is 0 Å².